The molecule has 0 atom stereocenters. The topological polar surface area (TPSA) is 116 Å². The Balaban J connectivity index is 2.21. The van der Waals surface area contributed by atoms with E-state index in [-0.39, 0.29) is 16.9 Å². The van der Waals surface area contributed by atoms with Crippen LogP contribution in [0.5, 0.6) is 5.75 Å². The number of non-ortho nitro benzene ring substituents is 1. The number of phenolic OH excluding ortho intramolecular Hbond substituents is 1. The van der Waals surface area contributed by atoms with Crippen molar-refractivity contribution in [3.8, 4) is 11.8 Å². The minimum atomic E-state index is -0.708. The lowest BCUT2D eigenvalue weighted by Crippen LogP contribution is -2.13. The molecule has 0 aliphatic heterocycles. The predicted octanol–water partition coefficient (Wildman–Crippen LogP) is 2.91. The van der Waals surface area contributed by atoms with Gasteiger partial charge in [-0.3, -0.25) is 14.9 Å². The Morgan fingerprint density at radius 1 is 1.45 bits per heavy atom. The second-order valence-electron chi connectivity index (χ2n) is 4.10. The quantitative estimate of drug-likeness (QED) is 0.296. The Hall–Kier alpha value is -3.18. The highest BCUT2D eigenvalue weighted by Gasteiger charge is 2.14. The predicted molar refractivity (Wildman–Crippen MR) is 81.3 cm³/mol. The normalized spacial score (nSPS) is 10.8. The van der Waals surface area contributed by atoms with Crippen LogP contribution in [0.25, 0.3) is 6.08 Å². The average molecular weight is 315 g/mol. The second-order valence-corrected chi connectivity index (χ2v) is 5.08. The van der Waals surface area contributed by atoms with Gasteiger partial charge in [0.05, 0.1) is 16.7 Å². The van der Waals surface area contributed by atoms with Crippen molar-refractivity contribution < 1.29 is 14.8 Å². The number of anilines is 1. The number of nitro benzene ring substituents is 1. The molecule has 2 aromatic rings. The molecule has 1 aromatic heterocycles. The maximum Gasteiger partial charge on any atom is 0.273 e. The molecule has 0 bridgehead atoms. The Labute approximate surface area is 128 Å². The van der Waals surface area contributed by atoms with Gasteiger partial charge in [0, 0.05) is 10.9 Å². The van der Waals surface area contributed by atoms with E-state index < -0.39 is 16.6 Å². The van der Waals surface area contributed by atoms with E-state index >= 15 is 0 Å². The summed E-state index contributed by atoms with van der Waals surface area (Å²) in [6.45, 7) is 0. The Morgan fingerprint density at radius 3 is 2.77 bits per heavy atom. The van der Waals surface area contributed by atoms with Crippen molar-refractivity contribution in [3.63, 3.8) is 0 Å². The van der Waals surface area contributed by atoms with Gasteiger partial charge in [-0.05, 0) is 23.6 Å². The van der Waals surface area contributed by atoms with E-state index in [9.17, 15) is 20.0 Å². The van der Waals surface area contributed by atoms with Crippen LogP contribution in [0.2, 0.25) is 0 Å². The molecule has 2 N–H and O–H groups in total. The van der Waals surface area contributed by atoms with Crippen molar-refractivity contribution in [1.29, 1.82) is 5.26 Å². The van der Waals surface area contributed by atoms with Crippen LogP contribution in [0.3, 0.4) is 0 Å². The van der Waals surface area contributed by atoms with Gasteiger partial charge in [-0.15, -0.1) is 11.3 Å². The molecule has 0 unspecified atom stereocenters. The molecule has 7 nitrogen and oxygen atoms in total. The molecule has 110 valence electrons. The lowest BCUT2D eigenvalue weighted by molar-refractivity contribution is -0.384. The van der Waals surface area contributed by atoms with Gasteiger partial charge in [-0.2, -0.15) is 5.26 Å². The zero-order valence-corrected chi connectivity index (χ0v) is 11.8. The molecule has 2 rings (SSSR count). The van der Waals surface area contributed by atoms with E-state index in [1.54, 1.807) is 23.6 Å². The van der Waals surface area contributed by atoms with E-state index in [4.69, 9.17) is 5.26 Å². The molecule has 1 aromatic carbocycles. The van der Waals surface area contributed by atoms with Gasteiger partial charge >= 0.3 is 0 Å². The van der Waals surface area contributed by atoms with Gasteiger partial charge < -0.3 is 10.4 Å². The monoisotopic (exact) mass is 315 g/mol. The molecule has 0 aliphatic rings. The maximum absolute atomic E-state index is 12.0. The van der Waals surface area contributed by atoms with Crippen LogP contribution in [0.1, 0.15) is 4.88 Å². The minimum Gasteiger partial charge on any atom is -0.506 e. The minimum absolute atomic E-state index is 0.0112. The lowest BCUT2D eigenvalue weighted by Gasteiger charge is -2.06. The van der Waals surface area contributed by atoms with Crippen LogP contribution in [0.15, 0.2) is 41.3 Å². The van der Waals surface area contributed by atoms with Crippen LogP contribution in [0, 0.1) is 21.4 Å². The number of hydrogen-bond acceptors (Lipinski definition) is 6. The number of amides is 1. The van der Waals surface area contributed by atoms with Crippen molar-refractivity contribution >= 4 is 34.7 Å². The maximum atomic E-state index is 12.0. The number of carbonyl (C=O) groups is 1. The third kappa shape index (κ3) is 3.47. The molecule has 22 heavy (non-hydrogen) atoms. The third-order valence-electron chi connectivity index (χ3n) is 2.64. The highest BCUT2D eigenvalue weighted by molar-refractivity contribution is 7.10. The number of nitrogens with one attached hydrogen (secondary N) is 1. The number of phenols is 1. The van der Waals surface area contributed by atoms with Gasteiger partial charge in [-0.25, -0.2) is 0 Å². The van der Waals surface area contributed by atoms with E-state index in [0.29, 0.717) is 0 Å². The van der Waals surface area contributed by atoms with Gasteiger partial charge in [-0.1, -0.05) is 6.07 Å². The largest absolute Gasteiger partial charge is 0.506 e. The van der Waals surface area contributed by atoms with Crippen molar-refractivity contribution in [2.75, 3.05) is 5.32 Å². The first-order chi connectivity index (χ1) is 10.5. The summed E-state index contributed by atoms with van der Waals surface area (Å²) in [5.41, 5.74) is -0.451. The number of thiophene rings is 1. The highest BCUT2D eigenvalue weighted by Crippen LogP contribution is 2.28. The molecule has 0 spiro atoms. The third-order valence-corrected chi connectivity index (χ3v) is 3.45. The van der Waals surface area contributed by atoms with Gasteiger partial charge in [0.1, 0.15) is 17.4 Å². The summed E-state index contributed by atoms with van der Waals surface area (Å²) < 4.78 is 0. The van der Waals surface area contributed by atoms with Crippen LogP contribution >= 0.6 is 11.3 Å². The summed E-state index contributed by atoms with van der Waals surface area (Å²) in [7, 11) is 0. The molecule has 8 heteroatoms. The second kappa shape index (κ2) is 6.51. The number of rotatable bonds is 4. The molecular weight excluding hydrogens is 306 g/mol. The van der Waals surface area contributed by atoms with Crippen molar-refractivity contribution in [2.24, 2.45) is 0 Å². The zero-order valence-electron chi connectivity index (χ0n) is 11.0. The van der Waals surface area contributed by atoms with Crippen LogP contribution in [-0.2, 0) is 4.79 Å². The number of nitrogens with zero attached hydrogens (tertiary/aromatic N) is 2. The Bertz CT molecular complexity index is 791. The summed E-state index contributed by atoms with van der Waals surface area (Å²) >= 11 is 1.37. The summed E-state index contributed by atoms with van der Waals surface area (Å²) in [6.07, 6.45) is 1.42. The molecule has 0 fully saturated rings. The lowest BCUT2D eigenvalue weighted by atomic mass is 10.2. The summed E-state index contributed by atoms with van der Waals surface area (Å²) in [6, 6.07) is 8.57. The number of benzene rings is 1. The number of nitriles is 1. The number of hydrogen-bond donors (Lipinski definition) is 2. The van der Waals surface area contributed by atoms with Gasteiger partial charge in [0.15, 0.2) is 0 Å². The summed E-state index contributed by atoms with van der Waals surface area (Å²) in [4.78, 5) is 22.6. The van der Waals surface area contributed by atoms with E-state index in [0.717, 1.165) is 17.0 Å². The fourth-order valence-electron chi connectivity index (χ4n) is 1.59. The van der Waals surface area contributed by atoms with Crippen molar-refractivity contribution in [2.45, 2.75) is 0 Å². The first-order valence-electron chi connectivity index (χ1n) is 5.95. The van der Waals surface area contributed by atoms with Gasteiger partial charge in [0.25, 0.3) is 11.6 Å². The molecule has 0 aliphatic carbocycles. The number of aromatic hydroxyl groups is 1. The van der Waals surface area contributed by atoms with E-state index in [1.165, 1.54) is 23.5 Å². The molecule has 1 amide bonds. The first kappa shape index (κ1) is 15.2. The zero-order chi connectivity index (χ0) is 16.1. The number of nitro groups is 1. The van der Waals surface area contributed by atoms with Crippen molar-refractivity contribution in [3.05, 3.63) is 56.3 Å². The highest BCUT2D eigenvalue weighted by atomic mass is 32.1. The fraction of sp³-hybridized carbons (Fsp3) is 0. The Morgan fingerprint density at radius 2 is 2.23 bits per heavy atom. The van der Waals surface area contributed by atoms with E-state index in [1.807, 2.05) is 0 Å². The first-order valence-corrected chi connectivity index (χ1v) is 6.83. The molecule has 1 heterocycles. The van der Waals surface area contributed by atoms with Crippen molar-refractivity contribution in [1.82, 2.24) is 0 Å². The molecular formula is C14H9N3O4S. The molecule has 0 saturated carbocycles. The fourth-order valence-corrected chi connectivity index (χ4v) is 2.25. The smallest absolute Gasteiger partial charge is 0.273 e. The summed E-state index contributed by atoms with van der Waals surface area (Å²) in [5.74, 6) is -1.16. The average Bonchev–Trinajstić information content (AvgIpc) is 2.99. The number of carbonyl (C=O) groups excluding carboxylic acids is 1. The van der Waals surface area contributed by atoms with E-state index in [2.05, 4.69) is 5.32 Å². The SMILES string of the molecule is N#CC(=Cc1cccs1)C(=O)Nc1ccc([N+](=O)[O-])cc1O. The van der Waals surface area contributed by atoms with Crippen LogP contribution in [-0.4, -0.2) is 15.9 Å². The standard InChI is InChI=1S/C14H9N3O4S/c15-8-9(6-11-2-1-5-22-11)14(19)16-12-4-3-10(17(20)21)7-13(12)18/h1-7,18H,(H,16,19). The van der Waals surface area contributed by atoms with Crippen LogP contribution in [0.4, 0.5) is 11.4 Å². The molecule has 0 saturated heterocycles. The van der Waals surface area contributed by atoms with Crippen LogP contribution < -0.4 is 5.32 Å². The summed E-state index contributed by atoms with van der Waals surface area (Å²) in [5, 5.41) is 33.4. The Kier molecular flexibility index (Phi) is 4.50. The molecule has 0 radical (unpaired) electrons. The van der Waals surface area contributed by atoms with Gasteiger partial charge in [0.2, 0.25) is 0 Å².